The van der Waals surface area contributed by atoms with Gasteiger partial charge in [-0.3, -0.25) is 4.79 Å². The summed E-state index contributed by atoms with van der Waals surface area (Å²) in [5.74, 6) is 0.661. The number of benzene rings is 2. The Hall–Kier alpha value is -3.10. The fraction of sp³-hybridized carbons (Fsp3) is 0.273. The molecule has 1 amide bonds. The van der Waals surface area contributed by atoms with E-state index in [0.29, 0.717) is 24.7 Å². The molecule has 154 valence electrons. The molecule has 2 heterocycles. The van der Waals surface area contributed by atoms with Crippen molar-refractivity contribution in [2.45, 2.75) is 12.8 Å². The van der Waals surface area contributed by atoms with Gasteiger partial charge in [0, 0.05) is 13.1 Å². The molecule has 0 aliphatic rings. The molecule has 7 nitrogen and oxygen atoms in total. The average Bonchev–Trinajstić information content (AvgIpc) is 3.34. The third kappa shape index (κ3) is 5.08. The van der Waals surface area contributed by atoms with Crippen molar-refractivity contribution in [3.8, 4) is 11.1 Å². The third-order valence-corrected chi connectivity index (χ3v) is 5.56. The Balaban J connectivity index is 1.40. The molecule has 0 radical (unpaired) electrons. The van der Waals surface area contributed by atoms with Gasteiger partial charge in [0.15, 0.2) is 0 Å². The minimum atomic E-state index is -0.125. The van der Waals surface area contributed by atoms with Gasteiger partial charge in [-0.1, -0.05) is 36.4 Å². The molecule has 30 heavy (non-hydrogen) atoms. The van der Waals surface area contributed by atoms with Crippen LogP contribution < -0.4 is 5.32 Å². The molecule has 0 saturated heterocycles. The van der Waals surface area contributed by atoms with E-state index in [0.717, 1.165) is 21.8 Å². The number of nitrogens with zero attached hydrogens (tertiary/aromatic N) is 4. The molecule has 0 spiro atoms. The van der Waals surface area contributed by atoms with Crippen molar-refractivity contribution < 1.29 is 9.21 Å². The predicted octanol–water partition coefficient (Wildman–Crippen LogP) is 3.16. The van der Waals surface area contributed by atoms with Gasteiger partial charge in [-0.05, 0) is 37.4 Å². The molecule has 0 bridgehead atoms. The van der Waals surface area contributed by atoms with Gasteiger partial charge < -0.3 is 14.6 Å². The molecule has 8 heteroatoms. The molecular weight excluding hydrogens is 398 g/mol. The Morgan fingerprint density at radius 1 is 1.07 bits per heavy atom. The molecule has 0 unspecified atom stereocenters. The number of carbonyl (C=O) groups excluding carboxylic acids is 1. The topological polar surface area (TPSA) is 84.2 Å². The molecule has 0 fully saturated rings. The first-order chi connectivity index (χ1) is 14.6. The molecular formula is C22H23N5O2S. The second-order valence-corrected chi connectivity index (χ2v) is 8.37. The number of amides is 1. The van der Waals surface area contributed by atoms with Gasteiger partial charge in [0.25, 0.3) is 0 Å². The van der Waals surface area contributed by atoms with Crippen LogP contribution in [0.3, 0.4) is 0 Å². The highest BCUT2D eigenvalue weighted by Gasteiger charge is 2.14. The molecule has 2 aromatic heterocycles. The summed E-state index contributed by atoms with van der Waals surface area (Å²) >= 11 is 1.62. The van der Waals surface area contributed by atoms with Crippen LogP contribution in [0.25, 0.3) is 21.3 Å². The van der Waals surface area contributed by atoms with Crippen LogP contribution in [0.15, 0.2) is 52.9 Å². The second-order valence-electron chi connectivity index (χ2n) is 7.25. The second kappa shape index (κ2) is 9.15. The zero-order valence-electron chi connectivity index (χ0n) is 17.0. The minimum absolute atomic E-state index is 0.0840. The Kier molecular flexibility index (Phi) is 6.15. The van der Waals surface area contributed by atoms with Crippen molar-refractivity contribution in [3.63, 3.8) is 0 Å². The van der Waals surface area contributed by atoms with Crippen LogP contribution in [0.2, 0.25) is 0 Å². The van der Waals surface area contributed by atoms with Crippen LogP contribution in [0.5, 0.6) is 0 Å². The zero-order valence-corrected chi connectivity index (χ0v) is 17.8. The van der Waals surface area contributed by atoms with E-state index in [-0.39, 0.29) is 12.3 Å². The van der Waals surface area contributed by atoms with E-state index < -0.39 is 0 Å². The summed E-state index contributed by atoms with van der Waals surface area (Å²) in [5, 5.41) is 11.8. The van der Waals surface area contributed by atoms with E-state index in [1.807, 2.05) is 43.3 Å². The van der Waals surface area contributed by atoms with Crippen molar-refractivity contribution in [3.05, 3.63) is 65.3 Å². The maximum atomic E-state index is 12.0. The quantitative estimate of drug-likeness (QED) is 0.470. The summed E-state index contributed by atoms with van der Waals surface area (Å²) < 4.78 is 6.76. The first-order valence-corrected chi connectivity index (χ1v) is 10.6. The molecule has 1 N–H and O–H groups in total. The van der Waals surface area contributed by atoms with E-state index in [9.17, 15) is 4.79 Å². The molecule has 0 aliphatic carbocycles. The molecule has 4 rings (SSSR count). The van der Waals surface area contributed by atoms with Crippen LogP contribution >= 0.6 is 11.3 Å². The molecule has 0 atom stereocenters. The first-order valence-electron chi connectivity index (χ1n) is 9.74. The molecule has 2 aromatic carbocycles. The van der Waals surface area contributed by atoms with Crippen LogP contribution in [-0.2, 0) is 17.6 Å². The molecule has 0 aliphatic heterocycles. The monoisotopic (exact) mass is 421 g/mol. The van der Waals surface area contributed by atoms with Crippen molar-refractivity contribution in [1.82, 2.24) is 25.4 Å². The number of likely N-dealkylation sites (N-methyl/N-ethyl adjacent to an activating group) is 1. The van der Waals surface area contributed by atoms with Gasteiger partial charge in [-0.15, -0.1) is 21.5 Å². The summed E-state index contributed by atoms with van der Waals surface area (Å²) in [6.45, 7) is 1.37. The summed E-state index contributed by atoms with van der Waals surface area (Å²) in [6.07, 6.45) is 0.538. The van der Waals surface area contributed by atoms with Crippen molar-refractivity contribution in [1.29, 1.82) is 0 Å². The Morgan fingerprint density at radius 2 is 1.87 bits per heavy atom. The largest absolute Gasteiger partial charge is 0.424 e. The normalized spacial score (nSPS) is 11.3. The number of thiazole rings is 1. The Bertz CT molecular complexity index is 1140. The average molecular weight is 422 g/mol. The summed E-state index contributed by atoms with van der Waals surface area (Å²) in [5.41, 5.74) is 3.30. The van der Waals surface area contributed by atoms with Crippen LogP contribution in [0.1, 0.15) is 16.8 Å². The maximum absolute atomic E-state index is 12.0. The minimum Gasteiger partial charge on any atom is -0.424 e. The van der Waals surface area contributed by atoms with E-state index in [4.69, 9.17) is 4.42 Å². The number of hydrogen-bond acceptors (Lipinski definition) is 7. The lowest BCUT2D eigenvalue weighted by molar-refractivity contribution is -0.120. The Morgan fingerprint density at radius 3 is 2.67 bits per heavy atom. The number of fused-ring (bicyclic) bond motifs is 1. The smallest absolute Gasteiger partial charge is 0.229 e. The lowest BCUT2D eigenvalue weighted by Crippen LogP contribution is -2.32. The van der Waals surface area contributed by atoms with E-state index >= 15 is 0 Å². The van der Waals surface area contributed by atoms with Crippen molar-refractivity contribution in [2.75, 3.05) is 27.2 Å². The van der Waals surface area contributed by atoms with Crippen molar-refractivity contribution >= 4 is 27.5 Å². The van der Waals surface area contributed by atoms with Gasteiger partial charge in [0.2, 0.25) is 17.7 Å². The number of hydrogen-bond donors (Lipinski definition) is 1. The number of aromatic nitrogens is 3. The highest BCUT2D eigenvalue weighted by Crippen LogP contribution is 2.29. The van der Waals surface area contributed by atoms with Crippen LogP contribution in [0.4, 0.5) is 0 Å². The lowest BCUT2D eigenvalue weighted by Gasteiger charge is -2.09. The van der Waals surface area contributed by atoms with Gasteiger partial charge in [0.05, 0.1) is 16.6 Å². The highest BCUT2D eigenvalue weighted by atomic mass is 32.1. The van der Waals surface area contributed by atoms with E-state index in [2.05, 4.69) is 44.8 Å². The van der Waals surface area contributed by atoms with E-state index in [1.165, 1.54) is 11.1 Å². The highest BCUT2D eigenvalue weighted by molar-refractivity contribution is 7.18. The third-order valence-electron chi connectivity index (χ3n) is 4.54. The van der Waals surface area contributed by atoms with Crippen LogP contribution in [-0.4, -0.2) is 53.2 Å². The van der Waals surface area contributed by atoms with Gasteiger partial charge in [-0.2, -0.15) is 0 Å². The standard InChI is InChI=1S/C22H23N5O2S/c1-27(2)11-10-23-19(28)13-20-25-26-21(29-20)14-22-24-17-9-8-16(12-18(17)30-22)15-6-4-3-5-7-15/h3-9,12H,10-11,13-14H2,1-2H3,(H,23,28). The summed E-state index contributed by atoms with van der Waals surface area (Å²) in [6, 6.07) is 16.6. The lowest BCUT2D eigenvalue weighted by atomic mass is 10.1. The summed E-state index contributed by atoms with van der Waals surface area (Å²) in [4.78, 5) is 18.6. The van der Waals surface area contributed by atoms with Gasteiger partial charge in [-0.25, -0.2) is 4.98 Å². The fourth-order valence-corrected chi connectivity index (χ4v) is 4.04. The predicted molar refractivity (Wildman–Crippen MR) is 117 cm³/mol. The number of rotatable bonds is 8. The van der Waals surface area contributed by atoms with Gasteiger partial charge >= 0.3 is 0 Å². The van der Waals surface area contributed by atoms with Crippen LogP contribution in [0, 0.1) is 0 Å². The zero-order chi connectivity index (χ0) is 20.9. The number of carbonyl (C=O) groups is 1. The summed E-state index contributed by atoms with van der Waals surface area (Å²) in [7, 11) is 3.92. The first kappa shape index (κ1) is 20.2. The fourth-order valence-electron chi connectivity index (χ4n) is 3.04. The van der Waals surface area contributed by atoms with Gasteiger partial charge in [0.1, 0.15) is 11.4 Å². The number of nitrogens with one attached hydrogen (secondary N) is 1. The SMILES string of the molecule is CN(C)CCNC(=O)Cc1nnc(Cc2nc3ccc(-c4ccccc4)cc3s2)o1. The molecule has 4 aromatic rings. The van der Waals surface area contributed by atoms with Crippen molar-refractivity contribution in [2.24, 2.45) is 0 Å². The molecule has 0 saturated carbocycles. The maximum Gasteiger partial charge on any atom is 0.229 e. The van der Waals surface area contributed by atoms with E-state index in [1.54, 1.807) is 11.3 Å². The Labute approximate surface area is 178 Å².